The van der Waals surface area contributed by atoms with Gasteiger partial charge in [-0.3, -0.25) is 0 Å². The van der Waals surface area contributed by atoms with E-state index in [4.69, 9.17) is 16.3 Å². The van der Waals surface area contributed by atoms with Crippen molar-refractivity contribution in [2.45, 2.75) is 6.92 Å². The van der Waals surface area contributed by atoms with Crippen LogP contribution in [0.1, 0.15) is 16.7 Å². The monoisotopic (exact) mass is 283 g/mol. The fraction of sp³-hybridized carbons (Fsp3) is 0.118. The summed E-state index contributed by atoms with van der Waals surface area (Å²) >= 11 is 5.86. The van der Waals surface area contributed by atoms with Gasteiger partial charge in [0.1, 0.15) is 5.75 Å². The van der Waals surface area contributed by atoms with Gasteiger partial charge in [-0.05, 0) is 54.0 Å². The number of hydrogen-bond donors (Lipinski definition) is 0. The minimum atomic E-state index is 0.606. The van der Waals surface area contributed by atoms with Crippen LogP contribution in [0.25, 0.3) is 11.6 Å². The Morgan fingerprint density at radius 1 is 1.20 bits per heavy atom. The highest BCUT2D eigenvalue weighted by Gasteiger charge is 2.03. The highest BCUT2D eigenvalue weighted by molar-refractivity contribution is 6.30. The van der Waals surface area contributed by atoms with Crippen molar-refractivity contribution in [3.05, 3.63) is 64.2 Å². The van der Waals surface area contributed by atoms with Gasteiger partial charge in [0.2, 0.25) is 0 Å². The predicted octanol–water partition coefficient (Wildman–Crippen LogP) is 4.72. The van der Waals surface area contributed by atoms with Crippen LogP contribution in [-0.2, 0) is 0 Å². The number of aryl methyl sites for hydroxylation is 1. The summed E-state index contributed by atoms with van der Waals surface area (Å²) in [6, 6.07) is 15.3. The van der Waals surface area contributed by atoms with Crippen LogP contribution >= 0.6 is 11.6 Å². The molecule has 2 aromatic carbocycles. The summed E-state index contributed by atoms with van der Waals surface area (Å²) in [5.41, 5.74) is 3.52. The van der Waals surface area contributed by atoms with Crippen LogP contribution in [0.15, 0.2) is 42.5 Å². The van der Waals surface area contributed by atoms with Crippen molar-refractivity contribution >= 4 is 23.3 Å². The third-order valence-electron chi connectivity index (χ3n) is 3.05. The molecule has 0 spiro atoms. The second-order valence-corrected chi connectivity index (χ2v) is 4.84. The van der Waals surface area contributed by atoms with E-state index >= 15 is 0 Å². The van der Waals surface area contributed by atoms with E-state index in [2.05, 4.69) is 6.07 Å². The van der Waals surface area contributed by atoms with Crippen molar-refractivity contribution in [2.75, 3.05) is 7.11 Å². The Kier molecular flexibility index (Phi) is 4.45. The molecule has 3 heteroatoms. The molecule has 0 saturated carbocycles. The summed E-state index contributed by atoms with van der Waals surface area (Å²) in [7, 11) is 1.64. The third kappa shape index (κ3) is 3.20. The number of halogens is 1. The molecule has 0 aliphatic carbocycles. The number of ether oxygens (including phenoxy) is 1. The summed E-state index contributed by atoms with van der Waals surface area (Å²) in [6.45, 7) is 1.99. The second-order valence-electron chi connectivity index (χ2n) is 4.40. The highest BCUT2D eigenvalue weighted by Crippen LogP contribution is 2.23. The van der Waals surface area contributed by atoms with Gasteiger partial charge in [-0.1, -0.05) is 29.8 Å². The van der Waals surface area contributed by atoms with Crippen LogP contribution in [0, 0.1) is 18.3 Å². The average Bonchev–Trinajstić information content (AvgIpc) is 2.47. The lowest BCUT2D eigenvalue weighted by Gasteiger charge is -2.06. The number of allylic oxidation sites excluding steroid dienone is 1. The SMILES string of the molecule is COc1ccc(C=C(C#N)c2ccc(Cl)cc2)c(C)c1. The van der Waals surface area contributed by atoms with E-state index in [0.717, 1.165) is 22.4 Å². The number of nitriles is 1. The standard InChI is InChI=1S/C17H14ClNO/c1-12-9-17(20-2)8-5-14(12)10-15(11-19)13-3-6-16(18)7-4-13/h3-10H,1-2H3. The van der Waals surface area contributed by atoms with Crippen LogP contribution in [0.4, 0.5) is 0 Å². The maximum Gasteiger partial charge on any atom is 0.119 e. The van der Waals surface area contributed by atoms with E-state index in [1.807, 2.05) is 43.3 Å². The lowest BCUT2D eigenvalue weighted by Crippen LogP contribution is -1.87. The quantitative estimate of drug-likeness (QED) is 0.603. The largest absolute Gasteiger partial charge is 0.497 e. The smallest absolute Gasteiger partial charge is 0.119 e. The molecule has 2 aromatic rings. The van der Waals surface area contributed by atoms with Gasteiger partial charge in [0.05, 0.1) is 18.8 Å². The normalized spacial score (nSPS) is 11.0. The van der Waals surface area contributed by atoms with Gasteiger partial charge in [-0.15, -0.1) is 0 Å². The molecule has 0 fully saturated rings. The van der Waals surface area contributed by atoms with E-state index in [0.29, 0.717) is 10.6 Å². The predicted molar refractivity (Wildman–Crippen MR) is 82.7 cm³/mol. The Labute approximate surface area is 123 Å². The number of benzene rings is 2. The van der Waals surface area contributed by atoms with Crippen molar-refractivity contribution in [1.29, 1.82) is 5.26 Å². The summed E-state index contributed by atoms with van der Waals surface area (Å²) in [6.07, 6.45) is 1.87. The molecular weight excluding hydrogens is 270 g/mol. The molecule has 0 N–H and O–H groups in total. The maximum absolute atomic E-state index is 9.33. The molecule has 20 heavy (non-hydrogen) atoms. The molecule has 100 valence electrons. The van der Waals surface area contributed by atoms with Crippen LogP contribution in [0.3, 0.4) is 0 Å². The lowest BCUT2D eigenvalue weighted by atomic mass is 10.0. The fourth-order valence-electron chi connectivity index (χ4n) is 1.90. The van der Waals surface area contributed by atoms with Crippen LogP contribution in [-0.4, -0.2) is 7.11 Å². The summed E-state index contributed by atoms with van der Waals surface area (Å²) in [5.74, 6) is 0.810. The maximum atomic E-state index is 9.33. The first-order valence-corrected chi connectivity index (χ1v) is 6.54. The molecule has 0 aliphatic heterocycles. The van der Waals surface area contributed by atoms with Crippen molar-refractivity contribution in [1.82, 2.24) is 0 Å². The van der Waals surface area contributed by atoms with Gasteiger partial charge in [0, 0.05) is 5.02 Å². The number of hydrogen-bond acceptors (Lipinski definition) is 2. The summed E-state index contributed by atoms with van der Waals surface area (Å²) < 4.78 is 5.18. The topological polar surface area (TPSA) is 33.0 Å². The van der Waals surface area contributed by atoms with E-state index in [-0.39, 0.29) is 0 Å². The van der Waals surface area contributed by atoms with Gasteiger partial charge in [0.25, 0.3) is 0 Å². The zero-order valence-electron chi connectivity index (χ0n) is 11.4. The van der Waals surface area contributed by atoms with E-state index in [1.54, 1.807) is 19.2 Å². The Bertz CT molecular complexity index is 681. The average molecular weight is 284 g/mol. The fourth-order valence-corrected chi connectivity index (χ4v) is 2.03. The molecule has 2 rings (SSSR count). The van der Waals surface area contributed by atoms with Crippen molar-refractivity contribution in [3.63, 3.8) is 0 Å². The number of rotatable bonds is 3. The minimum absolute atomic E-state index is 0.606. The van der Waals surface area contributed by atoms with E-state index < -0.39 is 0 Å². The third-order valence-corrected chi connectivity index (χ3v) is 3.30. The van der Waals surface area contributed by atoms with Crippen molar-refractivity contribution in [3.8, 4) is 11.8 Å². The number of methoxy groups -OCH3 is 1. The van der Waals surface area contributed by atoms with Gasteiger partial charge in [0.15, 0.2) is 0 Å². The molecule has 0 amide bonds. The van der Waals surface area contributed by atoms with Gasteiger partial charge >= 0.3 is 0 Å². The Morgan fingerprint density at radius 3 is 2.45 bits per heavy atom. The lowest BCUT2D eigenvalue weighted by molar-refractivity contribution is 0.414. The van der Waals surface area contributed by atoms with Gasteiger partial charge in [-0.25, -0.2) is 0 Å². The molecule has 0 saturated heterocycles. The number of nitrogens with zero attached hydrogens (tertiary/aromatic N) is 1. The molecular formula is C17H14ClNO. The first kappa shape index (κ1) is 14.2. The van der Waals surface area contributed by atoms with Gasteiger partial charge in [-0.2, -0.15) is 5.26 Å². The zero-order valence-corrected chi connectivity index (χ0v) is 12.1. The molecule has 0 atom stereocenters. The molecule has 2 nitrogen and oxygen atoms in total. The highest BCUT2D eigenvalue weighted by atomic mass is 35.5. The molecule has 0 aromatic heterocycles. The Hall–Kier alpha value is -2.24. The molecule has 0 aliphatic rings. The zero-order chi connectivity index (χ0) is 14.5. The molecule has 0 bridgehead atoms. The van der Waals surface area contributed by atoms with Crippen LogP contribution < -0.4 is 4.74 Å². The van der Waals surface area contributed by atoms with Crippen LogP contribution in [0.2, 0.25) is 5.02 Å². The summed E-state index contributed by atoms with van der Waals surface area (Å²) in [5, 5.41) is 9.98. The second kappa shape index (κ2) is 6.27. The Balaban J connectivity index is 2.41. The minimum Gasteiger partial charge on any atom is -0.497 e. The van der Waals surface area contributed by atoms with Crippen LogP contribution in [0.5, 0.6) is 5.75 Å². The molecule has 0 unspecified atom stereocenters. The van der Waals surface area contributed by atoms with Crippen molar-refractivity contribution < 1.29 is 4.74 Å². The van der Waals surface area contributed by atoms with Crippen molar-refractivity contribution in [2.24, 2.45) is 0 Å². The first-order chi connectivity index (χ1) is 9.63. The van der Waals surface area contributed by atoms with Gasteiger partial charge < -0.3 is 4.74 Å². The molecule has 0 heterocycles. The molecule has 0 radical (unpaired) electrons. The van der Waals surface area contributed by atoms with E-state index in [9.17, 15) is 5.26 Å². The Morgan fingerprint density at radius 2 is 1.90 bits per heavy atom. The first-order valence-electron chi connectivity index (χ1n) is 6.16. The van der Waals surface area contributed by atoms with E-state index in [1.165, 1.54) is 0 Å². The summed E-state index contributed by atoms with van der Waals surface area (Å²) in [4.78, 5) is 0.